The molecule has 7 heteroatoms. The van der Waals surface area contributed by atoms with Crippen molar-refractivity contribution in [2.45, 2.75) is 31.9 Å². The molecule has 0 amide bonds. The van der Waals surface area contributed by atoms with E-state index in [1.807, 2.05) is 66.2 Å². The Kier molecular flexibility index (Phi) is 5.13. The van der Waals surface area contributed by atoms with E-state index in [0.29, 0.717) is 50.0 Å². The number of benzene rings is 2. The van der Waals surface area contributed by atoms with Crippen LogP contribution < -0.4 is 0 Å². The number of aryl methyl sites for hydroxylation is 1. The molecule has 0 unspecified atom stereocenters. The smallest absolute Gasteiger partial charge is 0.278 e. The van der Waals surface area contributed by atoms with Gasteiger partial charge in [0.15, 0.2) is 5.69 Å². The Balaban J connectivity index is 1.37. The lowest BCUT2D eigenvalue weighted by Crippen LogP contribution is -2.33. The highest BCUT2D eigenvalue weighted by atomic mass is 16.5. The summed E-state index contributed by atoms with van der Waals surface area (Å²) in [6.07, 6.45) is 1.23. The molecular weight excluding hydrogens is 392 g/mol. The van der Waals surface area contributed by atoms with E-state index in [0.717, 1.165) is 22.4 Å². The number of hydrogen-bond acceptors (Lipinski definition) is 6. The van der Waals surface area contributed by atoms with Crippen LogP contribution in [0.1, 0.15) is 29.7 Å². The first-order valence-corrected chi connectivity index (χ1v) is 10.4. The highest BCUT2D eigenvalue weighted by Crippen LogP contribution is 2.32. The summed E-state index contributed by atoms with van der Waals surface area (Å²) in [7, 11) is 0. The maximum Gasteiger partial charge on any atom is 0.278 e. The average Bonchev–Trinajstić information content (AvgIpc) is 3.43. The summed E-state index contributed by atoms with van der Waals surface area (Å²) in [4.78, 5) is 4.50. The number of rotatable bonds is 5. The molecule has 1 aliphatic rings. The third-order valence-electron chi connectivity index (χ3n) is 5.77. The standard InChI is InChI=1S/C24H24N4O3/c1-17-14-21(23-25-22(27-31-23)19-7-3-2-4-8-19)26-28(17)16-18-6-5-9-20(15-18)24(29)10-12-30-13-11-24/h2-9,14-15,29H,10-13,16H2,1H3. The maximum absolute atomic E-state index is 11.0. The lowest BCUT2D eigenvalue weighted by molar-refractivity contribution is -0.0679. The summed E-state index contributed by atoms with van der Waals surface area (Å²) in [5.41, 5.74) is 3.72. The van der Waals surface area contributed by atoms with Crippen molar-refractivity contribution >= 4 is 0 Å². The lowest BCUT2D eigenvalue weighted by Gasteiger charge is -2.32. The first-order chi connectivity index (χ1) is 15.1. The summed E-state index contributed by atoms with van der Waals surface area (Å²) < 4.78 is 12.8. The summed E-state index contributed by atoms with van der Waals surface area (Å²) in [6, 6.07) is 19.7. The van der Waals surface area contributed by atoms with Crippen LogP contribution in [-0.2, 0) is 16.9 Å². The molecule has 0 atom stereocenters. The van der Waals surface area contributed by atoms with E-state index in [1.54, 1.807) is 0 Å². The molecular formula is C24H24N4O3. The predicted molar refractivity (Wildman–Crippen MR) is 115 cm³/mol. The van der Waals surface area contributed by atoms with Gasteiger partial charge in [-0.1, -0.05) is 59.8 Å². The van der Waals surface area contributed by atoms with E-state index in [4.69, 9.17) is 9.26 Å². The van der Waals surface area contributed by atoms with Crippen LogP contribution >= 0.6 is 0 Å². The van der Waals surface area contributed by atoms with Gasteiger partial charge in [-0.25, -0.2) is 0 Å². The molecule has 31 heavy (non-hydrogen) atoms. The van der Waals surface area contributed by atoms with Crippen molar-refractivity contribution in [3.8, 4) is 23.0 Å². The number of ether oxygens (including phenoxy) is 1. The molecule has 0 radical (unpaired) electrons. The fraction of sp³-hybridized carbons (Fsp3) is 0.292. The number of aliphatic hydroxyl groups is 1. The summed E-state index contributed by atoms with van der Waals surface area (Å²) in [6.45, 7) is 3.75. The molecule has 0 saturated carbocycles. The largest absolute Gasteiger partial charge is 0.385 e. The SMILES string of the molecule is Cc1cc(-c2nc(-c3ccccc3)no2)nn1Cc1cccc(C2(O)CCOCC2)c1. The van der Waals surface area contributed by atoms with E-state index >= 15 is 0 Å². The van der Waals surface area contributed by atoms with Gasteiger partial charge in [0.25, 0.3) is 5.89 Å². The highest BCUT2D eigenvalue weighted by molar-refractivity contribution is 5.57. The molecule has 5 rings (SSSR count). The zero-order valence-corrected chi connectivity index (χ0v) is 17.4. The Labute approximate surface area is 180 Å². The van der Waals surface area contributed by atoms with Gasteiger partial charge in [0.2, 0.25) is 5.82 Å². The van der Waals surface area contributed by atoms with Crippen LogP contribution in [0.3, 0.4) is 0 Å². The molecule has 7 nitrogen and oxygen atoms in total. The van der Waals surface area contributed by atoms with Gasteiger partial charge in [-0.3, -0.25) is 4.68 Å². The number of hydrogen-bond donors (Lipinski definition) is 1. The molecule has 2 aromatic heterocycles. The van der Waals surface area contributed by atoms with Crippen molar-refractivity contribution in [3.63, 3.8) is 0 Å². The summed E-state index contributed by atoms with van der Waals surface area (Å²) in [5.74, 6) is 0.936. The minimum atomic E-state index is -0.823. The van der Waals surface area contributed by atoms with Crippen molar-refractivity contribution in [1.82, 2.24) is 19.9 Å². The second-order valence-electron chi connectivity index (χ2n) is 7.96. The third-order valence-corrected chi connectivity index (χ3v) is 5.77. The van der Waals surface area contributed by atoms with E-state index in [1.165, 1.54) is 0 Å². The Bertz CT molecular complexity index is 1180. The average molecular weight is 416 g/mol. The minimum absolute atomic E-state index is 0.394. The van der Waals surface area contributed by atoms with Gasteiger partial charge in [0.05, 0.1) is 12.1 Å². The van der Waals surface area contributed by atoms with E-state index in [9.17, 15) is 5.11 Å². The van der Waals surface area contributed by atoms with E-state index < -0.39 is 5.60 Å². The quantitative estimate of drug-likeness (QED) is 0.530. The van der Waals surface area contributed by atoms with Crippen LogP contribution in [0.4, 0.5) is 0 Å². The second kappa shape index (κ2) is 8.09. The van der Waals surface area contributed by atoms with Gasteiger partial charge in [-0.05, 0) is 24.1 Å². The van der Waals surface area contributed by atoms with Crippen molar-refractivity contribution in [2.24, 2.45) is 0 Å². The third kappa shape index (κ3) is 4.02. The van der Waals surface area contributed by atoms with Crippen LogP contribution in [-0.4, -0.2) is 38.2 Å². The van der Waals surface area contributed by atoms with Gasteiger partial charge in [0, 0.05) is 37.3 Å². The summed E-state index contributed by atoms with van der Waals surface area (Å²) in [5, 5.41) is 19.8. The number of nitrogens with zero attached hydrogens (tertiary/aromatic N) is 4. The van der Waals surface area contributed by atoms with Crippen LogP contribution in [0.2, 0.25) is 0 Å². The van der Waals surface area contributed by atoms with Crippen LogP contribution in [0.5, 0.6) is 0 Å². The van der Waals surface area contributed by atoms with Crippen LogP contribution in [0.25, 0.3) is 23.0 Å². The molecule has 4 aromatic rings. The lowest BCUT2D eigenvalue weighted by atomic mass is 9.86. The van der Waals surface area contributed by atoms with Crippen molar-refractivity contribution < 1.29 is 14.4 Å². The van der Waals surface area contributed by atoms with Crippen LogP contribution in [0, 0.1) is 6.92 Å². The molecule has 0 aliphatic carbocycles. The molecule has 158 valence electrons. The monoisotopic (exact) mass is 416 g/mol. The molecule has 0 bridgehead atoms. The van der Waals surface area contributed by atoms with Gasteiger partial charge in [-0.15, -0.1) is 0 Å². The Morgan fingerprint density at radius 1 is 1.03 bits per heavy atom. The second-order valence-corrected chi connectivity index (χ2v) is 7.96. The van der Waals surface area contributed by atoms with Crippen molar-refractivity contribution in [3.05, 3.63) is 77.5 Å². The van der Waals surface area contributed by atoms with Crippen molar-refractivity contribution in [2.75, 3.05) is 13.2 Å². The molecule has 2 aromatic carbocycles. The molecule has 3 heterocycles. The summed E-state index contributed by atoms with van der Waals surface area (Å²) >= 11 is 0. The zero-order chi connectivity index (χ0) is 21.3. The van der Waals surface area contributed by atoms with Crippen molar-refractivity contribution in [1.29, 1.82) is 0 Å². The van der Waals surface area contributed by atoms with E-state index in [2.05, 4.69) is 21.3 Å². The minimum Gasteiger partial charge on any atom is -0.385 e. The fourth-order valence-electron chi connectivity index (χ4n) is 3.94. The fourth-order valence-corrected chi connectivity index (χ4v) is 3.94. The normalized spacial score (nSPS) is 15.8. The first-order valence-electron chi connectivity index (χ1n) is 10.4. The van der Waals surface area contributed by atoms with Gasteiger partial charge in [-0.2, -0.15) is 10.1 Å². The molecule has 0 spiro atoms. The maximum atomic E-state index is 11.0. The molecule has 1 saturated heterocycles. The molecule has 1 N–H and O–H groups in total. The van der Waals surface area contributed by atoms with Crippen LogP contribution in [0.15, 0.2) is 65.2 Å². The molecule has 1 aliphatic heterocycles. The Morgan fingerprint density at radius 2 is 1.84 bits per heavy atom. The zero-order valence-electron chi connectivity index (χ0n) is 17.4. The Hall–Kier alpha value is -3.29. The topological polar surface area (TPSA) is 86.2 Å². The van der Waals surface area contributed by atoms with Gasteiger partial charge < -0.3 is 14.4 Å². The van der Waals surface area contributed by atoms with E-state index in [-0.39, 0.29) is 0 Å². The number of aromatic nitrogens is 4. The predicted octanol–water partition coefficient (Wildman–Crippen LogP) is 3.95. The van der Waals surface area contributed by atoms with Gasteiger partial charge >= 0.3 is 0 Å². The van der Waals surface area contributed by atoms with Gasteiger partial charge in [0.1, 0.15) is 0 Å². The first kappa shape index (κ1) is 19.7. The highest BCUT2D eigenvalue weighted by Gasteiger charge is 2.31. The molecule has 1 fully saturated rings. The Morgan fingerprint density at radius 3 is 2.65 bits per heavy atom.